The average Bonchev–Trinajstić information content (AvgIpc) is 1.67. The molecule has 0 aromatic carbocycles. The number of hydrogen-bond acceptors (Lipinski definition) is 0. The predicted octanol–water partition coefficient (Wildman–Crippen LogP) is 5.06. The molecule has 0 aromatic heterocycles. The van der Waals surface area contributed by atoms with Crippen LogP contribution in [0.25, 0.3) is 0 Å². The molecule has 4 fully saturated rings. The van der Waals surface area contributed by atoms with Crippen molar-refractivity contribution in [3.63, 3.8) is 0 Å². The number of alkyl halides is 4. The van der Waals surface area contributed by atoms with E-state index in [-0.39, 0.29) is 0 Å². The Kier molecular flexibility index (Phi) is 2.80. The van der Waals surface area contributed by atoms with Crippen molar-refractivity contribution < 1.29 is 0 Å². The molecule has 0 radical (unpaired) electrons. The smallest absolute Gasteiger partial charge is 0.0260 e. The molecule has 4 rings (SSSR count). The molecule has 4 saturated carbocycles. The Morgan fingerprint density at radius 1 is 0.429 bits per heavy atom. The van der Waals surface area contributed by atoms with Crippen LogP contribution in [0.4, 0.5) is 0 Å². The van der Waals surface area contributed by atoms with Gasteiger partial charge in [0.05, 0.1) is 0 Å². The fraction of sp³-hybridized carbons (Fsp3) is 1.00. The SMILES string of the molecule is IC12CC3(I)CC(I)(C1)CC(I)(C2)C3. The summed E-state index contributed by atoms with van der Waals surface area (Å²) in [7, 11) is 0. The third-order valence-corrected chi connectivity index (χ3v) is 8.38. The lowest BCUT2D eigenvalue weighted by molar-refractivity contribution is 0.132. The van der Waals surface area contributed by atoms with Crippen LogP contribution in [-0.2, 0) is 0 Å². The Bertz CT molecular complexity index is 205. The largest absolute Gasteiger partial charge is 0.0787 e. The van der Waals surface area contributed by atoms with Gasteiger partial charge in [-0.25, -0.2) is 0 Å². The van der Waals surface area contributed by atoms with E-state index < -0.39 is 0 Å². The third-order valence-electron chi connectivity index (χ3n) is 3.80. The molecule has 0 unspecified atom stereocenters. The molecule has 0 aliphatic heterocycles. The summed E-state index contributed by atoms with van der Waals surface area (Å²) in [6, 6.07) is 0. The second-order valence-corrected chi connectivity index (χ2v) is 14.8. The second-order valence-electron chi connectivity index (χ2n) is 5.66. The zero-order valence-corrected chi connectivity index (χ0v) is 16.4. The van der Waals surface area contributed by atoms with Gasteiger partial charge in [-0.2, -0.15) is 0 Å². The highest BCUT2D eigenvalue weighted by atomic mass is 127. The average molecular weight is 640 g/mol. The molecule has 0 atom stereocenters. The zero-order chi connectivity index (χ0) is 10.2. The van der Waals surface area contributed by atoms with Crippen molar-refractivity contribution in [1.29, 1.82) is 0 Å². The van der Waals surface area contributed by atoms with Crippen molar-refractivity contribution in [3.05, 3.63) is 0 Å². The van der Waals surface area contributed by atoms with E-state index in [1.807, 2.05) is 0 Å². The summed E-state index contributed by atoms with van der Waals surface area (Å²) >= 11 is 11.1. The maximum Gasteiger partial charge on any atom is 0.0260 e. The highest BCUT2D eigenvalue weighted by Gasteiger charge is 2.65. The lowest BCUT2D eigenvalue weighted by atomic mass is 9.56. The molecule has 4 aliphatic carbocycles. The first-order valence-electron chi connectivity index (χ1n) is 5.00. The minimum Gasteiger partial charge on any atom is -0.0787 e. The van der Waals surface area contributed by atoms with Gasteiger partial charge in [0.25, 0.3) is 0 Å². The van der Waals surface area contributed by atoms with Crippen LogP contribution < -0.4 is 0 Å². The fourth-order valence-electron chi connectivity index (χ4n) is 4.16. The normalized spacial score (nSPS) is 66.0. The molecule has 4 bridgehead atoms. The molecule has 4 heteroatoms. The van der Waals surface area contributed by atoms with E-state index >= 15 is 0 Å². The van der Waals surface area contributed by atoms with Gasteiger partial charge in [0.2, 0.25) is 0 Å². The highest BCUT2D eigenvalue weighted by Crippen LogP contribution is 2.71. The summed E-state index contributed by atoms with van der Waals surface area (Å²) in [5.41, 5.74) is 0. The Morgan fingerprint density at radius 2 is 0.571 bits per heavy atom. The fourth-order valence-corrected chi connectivity index (χ4v) is 17.3. The molecule has 0 heterocycles. The number of hydrogen-bond donors (Lipinski definition) is 0. The van der Waals surface area contributed by atoms with Crippen molar-refractivity contribution >= 4 is 90.4 Å². The molecule has 0 aromatic rings. The minimum absolute atomic E-state index is 0.635. The van der Waals surface area contributed by atoms with Crippen molar-refractivity contribution in [2.24, 2.45) is 0 Å². The van der Waals surface area contributed by atoms with E-state index in [1.165, 1.54) is 38.5 Å². The first-order valence-corrected chi connectivity index (χ1v) is 9.31. The lowest BCUT2D eigenvalue weighted by Crippen LogP contribution is -2.64. The minimum atomic E-state index is 0.635. The van der Waals surface area contributed by atoms with Crippen LogP contribution in [0, 0.1) is 0 Å². The van der Waals surface area contributed by atoms with E-state index in [4.69, 9.17) is 0 Å². The summed E-state index contributed by atoms with van der Waals surface area (Å²) in [6.45, 7) is 0. The summed E-state index contributed by atoms with van der Waals surface area (Å²) in [4.78, 5) is 0. The van der Waals surface area contributed by atoms with Gasteiger partial charge in [0.1, 0.15) is 0 Å². The second kappa shape index (κ2) is 3.27. The van der Waals surface area contributed by atoms with Crippen molar-refractivity contribution in [2.75, 3.05) is 0 Å². The topological polar surface area (TPSA) is 0 Å². The molecule has 0 nitrogen and oxygen atoms in total. The molecular formula is C10H12I4. The van der Waals surface area contributed by atoms with E-state index in [1.54, 1.807) is 0 Å². The van der Waals surface area contributed by atoms with Gasteiger partial charge >= 0.3 is 0 Å². The van der Waals surface area contributed by atoms with Crippen LogP contribution in [0.15, 0.2) is 0 Å². The van der Waals surface area contributed by atoms with Gasteiger partial charge in [0, 0.05) is 13.7 Å². The quantitative estimate of drug-likeness (QED) is 0.257. The first-order chi connectivity index (χ1) is 6.24. The first kappa shape index (κ1) is 12.0. The van der Waals surface area contributed by atoms with Gasteiger partial charge in [-0.05, 0) is 38.5 Å². The maximum atomic E-state index is 2.78. The molecular weight excluding hydrogens is 628 g/mol. The van der Waals surface area contributed by atoms with Crippen LogP contribution >= 0.6 is 90.4 Å². The Hall–Kier alpha value is 2.92. The molecule has 14 heavy (non-hydrogen) atoms. The van der Waals surface area contributed by atoms with Crippen LogP contribution in [0.2, 0.25) is 0 Å². The maximum absolute atomic E-state index is 2.78. The Labute approximate surface area is 140 Å². The molecule has 80 valence electrons. The van der Waals surface area contributed by atoms with E-state index in [9.17, 15) is 0 Å². The number of rotatable bonds is 0. The molecule has 0 N–H and O–H groups in total. The van der Waals surface area contributed by atoms with E-state index in [0.29, 0.717) is 13.7 Å². The summed E-state index contributed by atoms with van der Waals surface area (Å²) < 4.78 is 2.54. The van der Waals surface area contributed by atoms with Gasteiger partial charge in [-0.1, -0.05) is 90.4 Å². The zero-order valence-electron chi connectivity index (χ0n) is 7.75. The Morgan fingerprint density at radius 3 is 0.714 bits per heavy atom. The molecule has 0 amide bonds. The molecule has 0 saturated heterocycles. The van der Waals surface area contributed by atoms with Gasteiger partial charge in [-0.3, -0.25) is 0 Å². The standard InChI is InChI=1S/C10H12I4/c11-7-1-8(12)4-9(13,2-7)6-10(14,3-7)5-8/h1-6H2. The van der Waals surface area contributed by atoms with Crippen molar-refractivity contribution in [3.8, 4) is 0 Å². The van der Waals surface area contributed by atoms with Crippen LogP contribution in [0.5, 0.6) is 0 Å². The third kappa shape index (κ3) is 1.91. The van der Waals surface area contributed by atoms with Crippen molar-refractivity contribution in [2.45, 2.75) is 52.2 Å². The van der Waals surface area contributed by atoms with Gasteiger partial charge in [-0.15, -0.1) is 0 Å². The van der Waals surface area contributed by atoms with Gasteiger partial charge in [0.15, 0.2) is 0 Å². The monoisotopic (exact) mass is 640 g/mol. The molecule has 4 aliphatic rings. The molecule has 0 spiro atoms. The van der Waals surface area contributed by atoms with Crippen LogP contribution in [-0.4, -0.2) is 13.7 Å². The number of halogens is 4. The summed E-state index contributed by atoms with van der Waals surface area (Å²) in [5, 5.41) is 0. The van der Waals surface area contributed by atoms with E-state index in [2.05, 4.69) is 90.4 Å². The van der Waals surface area contributed by atoms with Crippen molar-refractivity contribution in [1.82, 2.24) is 0 Å². The predicted molar refractivity (Wildman–Crippen MR) is 94.7 cm³/mol. The lowest BCUT2D eigenvalue weighted by Gasteiger charge is -2.65. The summed E-state index contributed by atoms with van der Waals surface area (Å²) in [6.07, 6.45) is 8.81. The summed E-state index contributed by atoms with van der Waals surface area (Å²) in [5.74, 6) is 0. The van der Waals surface area contributed by atoms with Crippen LogP contribution in [0.3, 0.4) is 0 Å². The van der Waals surface area contributed by atoms with E-state index in [0.717, 1.165) is 0 Å². The van der Waals surface area contributed by atoms with Crippen LogP contribution in [0.1, 0.15) is 38.5 Å². The van der Waals surface area contributed by atoms with Gasteiger partial charge < -0.3 is 0 Å². The highest BCUT2D eigenvalue weighted by molar-refractivity contribution is 14.1. The Balaban J connectivity index is 2.08.